The van der Waals surface area contributed by atoms with Crippen molar-refractivity contribution in [1.29, 1.82) is 0 Å². The molecular formula is C16H24BrNO2S. The lowest BCUT2D eigenvalue weighted by atomic mass is 10.1. The molecule has 1 aromatic carbocycles. The first kappa shape index (κ1) is 17.0. The Morgan fingerprint density at radius 3 is 2.29 bits per heavy atom. The molecular weight excluding hydrogens is 350 g/mol. The lowest BCUT2D eigenvalue weighted by molar-refractivity contribution is 0.165. The SMILES string of the molecule is CC(C)N(CCS(=O)(=O)c1ccc(Br)cc1)C1CCCC1. The third-order valence-corrected chi connectivity index (χ3v) is 6.49. The molecule has 1 fully saturated rings. The molecule has 5 heteroatoms. The second-order valence-corrected chi connectivity index (χ2v) is 9.07. The van der Waals surface area contributed by atoms with Gasteiger partial charge in [-0.25, -0.2) is 8.42 Å². The molecule has 0 radical (unpaired) electrons. The zero-order chi connectivity index (χ0) is 15.5. The van der Waals surface area contributed by atoms with E-state index in [0.29, 0.717) is 23.5 Å². The summed E-state index contributed by atoms with van der Waals surface area (Å²) in [5.74, 6) is 0.198. The quantitative estimate of drug-likeness (QED) is 0.759. The highest BCUT2D eigenvalue weighted by Gasteiger charge is 2.26. The van der Waals surface area contributed by atoms with Crippen molar-refractivity contribution < 1.29 is 8.42 Å². The molecule has 1 saturated carbocycles. The van der Waals surface area contributed by atoms with Crippen molar-refractivity contribution in [3.8, 4) is 0 Å². The number of nitrogens with zero attached hydrogens (tertiary/aromatic N) is 1. The van der Waals surface area contributed by atoms with Gasteiger partial charge in [-0.3, -0.25) is 4.90 Å². The highest BCUT2D eigenvalue weighted by atomic mass is 79.9. The standard InChI is InChI=1S/C16H24BrNO2S/c1-13(2)18(15-5-3-4-6-15)11-12-21(19,20)16-9-7-14(17)8-10-16/h7-10,13,15H,3-6,11-12H2,1-2H3. The Morgan fingerprint density at radius 1 is 1.19 bits per heavy atom. The van der Waals surface area contributed by atoms with E-state index >= 15 is 0 Å². The molecule has 0 aliphatic heterocycles. The van der Waals surface area contributed by atoms with Crippen molar-refractivity contribution in [1.82, 2.24) is 4.90 Å². The average Bonchev–Trinajstić information content (AvgIpc) is 2.93. The molecule has 0 heterocycles. The van der Waals surface area contributed by atoms with Crippen molar-refractivity contribution >= 4 is 25.8 Å². The molecule has 0 amide bonds. The van der Waals surface area contributed by atoms with Crippen LogP contribution < -0.4 is 0 Å². The molecule has 0 saturated heterocycles. The molecule has 0 bridgehead atoms. The van der Waals surface area contributed by atoms with Gasteiger partial charge < -0.3 is 0 Å². The second kappa shape index (κ2) is 7.25. The first-order valence-corrected chi connectivity index (χ1v) is 10.1. The van der Waals surface area contributed by atoms with Crippen LogP contribution in [-0.4, -0.2) is 37.7 Å². The van der Waals surface area contributed by atoms with Gasteiger partial charge in [-0.05, 0) is 51.0 Å². The maximum atomic E-state index is 12.4. The molecule has 1 aromatic rings. The van der Waals surface area contributed by atoms with Crippen LogP contribution in [0.15, 0.2) is 33.6 Å². The van der Waals surface area contributed by atoms with E-state index in [1.54, 1.807) is 24.3 Å². The molecule has 21 heavy (non-hydrogen) atoms. The van der Waals surface area contributed by atoms with Gasteiger partial charge in [0.25, 0.3) is 0 Å². The van der Waals surface area contributed by atoms with Crippen molar-refractivity contribution in [3.63, 3.8) is 0 Å². The Bertz CT molecular complexity index is 548. The topological polar surface area (TPSA) is 37.4 Å². The number of benzene rings is 1. The van der Waals surface area contributed by atoms with E-state index < -0.39 is 9.84 Å². The summed E-state index contributed by atoms with van der Waals surface area (Å²) in [5.41, 5.74) is 0. The van der Waals surface area contributed by atoms with E-state index in [9.17, 15) is 8.42 Å². The highest BCUT2D eigenvalue weighted by molar-refractivity contribution is 9.10. The van der Waals surface area contributed by atoms with Crippen LogP contribution in [0.3, 0.4) is 0 Å². The lowest BCUT2D eigenvalue weighted by Crippen LogP contribution is -2.41. The summed E-state index contributed by atoms with van der Waals surface area (Å²) >= 11 is 3.34. The Hall–Kier alpha value is -0.390. The molecule has 2 rings (SSSR count). The zero-order valence-corrected chi connectivity index (χ0v) is 15.2. The summed E-state index contributed by atoms with van der Waals surface area (Å²) in [6, 6.07) is 7.87. The van der Waals surface area contributed by atoms with Crippen LogP contribution in [0.25, 0.3) is 0 Å². The van der Waals surface area contributed by atoms with Crippen LogP contribution in [0.2, 0.25) is 0 Å². The molecule has 3 nitrogen and oxygen atoms in total. The predicted molar refractivity (Wildman–Crippen MR) is 90.3 cm³/mol. The van der Waals surface area contributed by atoms with Crippen LogP contribution >= 0.6 is 15.9 Å². The van der Waals surface area contributed by atoms with Gasteiger partial charge in [0, 0.05) is 23.1 Å². The number of sulfone groups is 1. The van der Waals surface area contributed by atoms with Gasteiger partial charge in [0.15, 0.2) is 9.84 Å². The van der Waals surface area contributed by atoms with E-state index in [1.807, 2.05) is 0 Å². The minimum atomic E-state index is -3.20. The van der Waals surface area contributed by atoms with E-state index in [-0.39, 0.29) is 5.75 Å². The van der Waals surface area contributed by atoms with Gasteiger partial charge in [0.1, 0.15) is 0 Å². The van der Waals surface area contributed by atoms with E-state index in [1.165, 1.54) is 25.7 Å². The molecule has 118 valence electrons. The predicted octanol–water partition coefficient (Wildman–Crippen LogP) is 3.88. The van der Waals surface area contributed by atoms with Gasteiger partial charge in [-0.1, -0.05) is 28.8 Å². The molecule has 0 atom stereocenters. The summed E-state index contributed by atoms with van der Waals surface area (Å²) in [7, 11) is -3.20. The molecule has 0 N–H and O–H groups in total. The Labute approximate surface area is 136 Å². The summed E-state index contributed by atoms with van der Waals surface area (Å²) < 4.78 is 25.8. The summed E-state index contributed by atoms with van der Waals surface area (Å²) in [5, 5.41) is 0. The van der Waals surface area contributed by atoms with Crippen molar-refractivity contribution in [3.05, 3.63) is 28.7 Å². The summed E-state index contributed by atoms with van der Waals surface area (Å²) in [6.07, 6.45) is 4.95. The monoisotopic (exact) mass is 373 g/mol. The smallest absolute Gasteiger partial charge is 0.179 e. The third-order valence-electron chi connectivity index (χ3n) is 4.25. The van der Waals surface area contributed by atoms with Crippen molar-refractivity contribution in [2.45, 2.75) is 56.5 Å². The van der Waals surface area contributed by atoms with Gasteiger partial charge in [-0.15, -0.1) is 0 Å². The van der Waals surface area contributed by atoms with Gasteiger partial charge in [0.2, 0.25) is 0 Å². The van der Waals surface area contributed by atoms with Crippen LogP contribution in [0.5, 0.6) is 0 Å². The van der Waals surface area contributed by atoms with Gasteiger partial charge in [-0.2, -0.15) is 0 Å². The molecule has 1 aliphatic rings. The average molecular weight is 374 g/mol. The van der Waals surface area contributed by atoms with E-state index in [4.69, 9.17) is 0 Å². The van der Waals surface area contributed by atoms with Gasteiger partial charge in [0.05, 0.1) is 10.6 Å². The minimum Gasteiger partial charge on any atom is -0.297 e. The largest absolute Gasteiger partial charge is 0.297 e. The molecule has 0 spiro atoms. The maximum absolute atomic E-state index is 12.4. The number of halogens is 1. The number of hydrogen-bond donors (Lipinski definition) is 0. The highest BCUT2D eigenvalue weighted by Crippen LogP contribution is 2.25. The van der Waals surface area contributed by atoms with Crippen LogP contribution in [-0.2, 0) is 9.84 Å². The molecule has 0 aromatic heterocycles. The fraction of sp³-hybridized carbons (Fsp3) is 0.625. The Morgan fingerprint density at radius 2 is 1.76 bits per heavy atom. The van der Waals surface area contributed by atoms with Crippen molar-refractivity contribution in [2.75, 3.05) is 12.3 Å². The van der Waals surface area contributed by atoms with Crippen LogP contribution in [0.1, 0.15) is 39.5 Å². The van der Waals surface area contributed by atoms with Crippen molar-refractivity contribution in [2.24, 2.45) is 0 Å². The summed E-state index contributed by atoms with van der Waals surface area (Å²) in [6.45, 7) is 4.94. The normalized spacial score (nSPS) is 17.0. The molecule has 1 aliphatic carbocycles. The zero-order valence-electron chi connectivity index (χ0n) is 12.8. The van der Waals surface area contributed by atoms with Crippen LogP contribution in [0.4, 0.5) is 0 Å². The molecule has 0 unspecified atom stereocenters. The van der Waals surface area contributed by atoms with Gasteiger partial charge >= 0.3 is 0 Å². The second-order valence-electron chi connectivity index (χ2n) is 6.04. The maximum Gasteiger partial charge on any atom is 0.179 e. The van der Waals surface area contributed by atoms with E-state index in [0.717, 1.165) is 4.47 Å². The number of hydrogen-bond acceptors (Lipinski definition) is 3. The van der Waals surface area contributed by atoms with Crippen LogP contribution in [0, 0.1) is 0 Å². The third kappa shape index (κ3) is 4.54. The fourth-order valence-electron chi connectivity index (χ4n) is 3.08. The Balaban J connectivity index is 2.03. The first-order valence-electron chi connectivity index (χ1n) is 7.64. The minimum absolute atomic E-state index is 0.198. The first-order chi connectivity index (χ1) is 9.90. The fourth-order valence-corrected chi connectivity index (χ4v) is 4.59. The lowest BCUT2D eigenvalue weighted by Gasteiger charge is -2.32. The number of rotatable bonds is 6. The van der Waals surface area contributed by atoms with E-state index in [2.05, 4.69) is 34.7 Å². The Kier molecular flexibility index (Phi) is 5.86. The summed E-state index contributed by atoms with van der Waals surface area (Å²) in [4.78, 5) is 2.78.